The van der Waals surface area contributed by atoms with E-state index in [-0.39, 0.29) is 5.97 Å². The second kappa shape index (κ2) is 7.09. The molecule has 1 aromatic heterocycles. The van der Waals surface area contributed by atoms with E-state index in [4.69, 9.17) is 9.47 Å². The molecule has 0 saturated heterocycles. The van der Waals surface area contributed by atoms with Crippen LogP contribution in [0.1, 0.15) is 15.9 Å². The predicted molar refractivity (Wildman–Crippen MR) is 104 cm³/mol. The Morgan fingerprint density at radius 2 is 1.79 bits per heavy atom. The fourth-order valence-electron chi connectivity index (χ4n) is 2.54. The van der Waals surface area contributed by atoms with Crippen molar-refractivity contribution in [2.24, 2.45) is 0 Å². The highest BCUT2D eigenvalue weighted by Crippen LogP contribution is 2.29. The molecule has 0 aliphatic rings. The predicted octanol–water partition coefficient (Wildman–Crippen LogP) is 4.83. The molecule has 0 atom stereocenters. The first-order chi connectivity index (χ1) is 11.6. The Morgan fingerprint density at radius 3 is 2.46 bits per heavy atom. The van der Waals surface area contributed by atoms with Gasteiger partial charge in [0.15, 0.2) is 0 Å². The molecule has 0 radical (unpaired) electrons. The maximum atomic E-state index is 12.0. The Bertz CT molecular complexity index is 910. The van der Waals surface area contributed by atoms with Crippen LogP contribution in [-0.2, 0) is 4.74 Å². The number of nitrogens with zero attached hydrogens (tertiary/aromatic N) is 1. The van der Waals surface area contributed by atoms with Crippen LogP contribution in [-0.4, -0.2) is 24.8 Å². The average Bonchev–Trinajstić information content (AvgIpc) is 3.01. The molecule has 3 rings (SSSR count). The maximum Gasteiger partial charge on any atom is 0.340 e. The van der Waals surface area contributed by atoms with E-state index in [1.807, 2.05) is 65.4 Å². The van der Waals surface area contributed by atoms with Crippen molar-refractivity contribution in [3.8, 4) is 5.75 Å². The summed E-state index contributed by atoms with van der Waals surface area (Å²) in [5, 5.41) is 0.877. The minimum absolute atomic E-state index is 0.335. The molecule has 5 heteroatoms. The highest BCUT2D eigenvalue weighted by atomic mass is 127. The van der Waals surface area contributed by atoms with Gasteiger partial charge in [-0.05, 0) is 52.4 Å². The van der Waals surface area contributed by atoms with Gasteiger partial charge in [-0.15, -0.1) is 0 Å². The minimum atomic E-state index is -0.335. The van der Waals surface area contributed by atoms with E-state index < -0.39 is 0 Å². The first-order valence-corrected chi connectivity index (χ1v) is 8.42. The second-order valence-electron chi connectivity index (χ2n) is 5.16. The van der Waals surface area contributed by atoms with Gasteiger partial charge in [0.1, 0.15) is 5.75 Å². The van der Waals surface area contributed by atoms with Crippen molar-refractivity contribution >= 4 is 49.2 Å². The van der Waals surface area contributed by atoms with E-state index in [1.54, 1.807) is 7.11 Å². The van der Waals surface area contributed by atoms with Gasteiger partial charge in [0.25, 0.3) is 0 Å². The number of hydrogen-bond donors (Lipinski definition) is 0. The zero-order valence-corrected chi connectivity index (χ0v) is 15.5. The monoisotopic (exact) mass is 433 g/mol. The molecule has 0 bridgehead atoms. The number of fused-ring (bicyclic) bond motifs is 1. The third-order valence-corrected chi connectivity index (χ3v) is 4.58. The minimum Gasteiger partial charge on any atom is -0.497 e. The molecule has 0 amide bonds. The summed E-state index contributed by atoms with van der Waals surface area (Å²) in [6.07, 6.45) is 3.87. The average molecular weight is 433 g/mol. The molecule has 122 valence electrons. The topological polar surface area (TPSA) is 40.5 Å². The summed E-state index contributed by atoms with van der Waals surface area (Å²) in [6.45, 7) is 0. The molecule has 0 N–H and O–H groups in total. The Hall–Kier alpha value is -2.28. The molecular formula is C19H16INO3. The number of methoxy groups -OCH3 is 2. The summed E-state index contributed by atoms with van der Waals surface area (Å²) in [6, 6.07) is 15.6. The van der Waals surface area contributed by atoms with Crippen LogP contribution in [0.25, 0.3) is 20.7 Å². The number of carbonyl (C=O) groups excluding carboxylic acids is 1. The quantitative estimate of drug-likeness (QED) is 0.437. The van der Waals surface area contributed by atoms with Crippen molar-refractivity contribution in [3.63, 3.8) is 0 Å². The molecule has 2 aromatic carbocycles. The highest BCUT2D eigenvalue weighted by Gasteiger charge is 2.16. The molecule has 0 aliphatic carbocycles. The number of esters is 1. The van der Waals surface area contributed by atoms with Gasteiger partial charge in [-0.25, -0.2) is 4.79 Å². The van der Waals surface area contributed by atoms with Crippen molar-refractivity contribution in [1.29, 1.82) is 0 Å². The molecule has 0 unspecified atom stereocenters. The highest BCUT2D eigenvalue weighted by molar-refractivity contribution is 14.1. The Kier molecular flexibility index (Phi) is 4.89. The van der Waals surface area contributed by atoms with E-state index in [1.165, 1.54) is 7.11 Å². The zero-order chi connectivity index (χ0) is 17.1. The summed E-state index contributed by atoms with van der Waals surface area (Å²) >= 11 is 2.27. The van der Waals surface area contributed by atoms with Crippen molar-refractivity contribution in [3.05, 3.63) is 65.9 Å². The van der Waals surface area contributed by atoms with Gasteiger partial charge < -0.3 is 14.0 Å². The standard InChI is InChI=1S/C19H16INO3/c1-23-14-9-7-13(8-10-14)11-18(20)21-12-16(19(22)24-2)15-5-3-4-6-17(15)21/h3-12H,1-2H3/b18-11-. The van der Waals surface area contributed by atoms with E-state index in [9.17, 15) is 4.79 Å². The number of halogens is 1. The lowest BCUT2D eigenvalue weighted by molar-refractivity contribution is 0.0603. The van der Waals surface area contributed by atoms with Gasteiger partial charge >= 0.3 is 5.97 Å². The van der Waals surface area contributed by atoms with Crippen molar-refractivity contribution in [2.45, 2.75) is 0 Å². The summed E-state index contributed by atoms with van der Waals surface area (Å²) in [4.78, 5) is 12.0. The second-order valence-corrected chi connectivity index (χ2v) is 6.27. The number of ether oxygens (including phenoxy) is 2. The molecule has 1 heterocycles. The smallest absolute Gasteiger partial charge is 0.340 e. The molecule has 0 aliphatic heterocycles. The molecular weight excluding hydrogens is 417 g/mol. The van der Waals surface area contributed by atoms with Gasteiger partial charge in [0.05, 0.1) is 29.0 Å². The molecule has 0 spiro atoms. The van der Waals surface area contributed by atoms with E-state index >= 15 is 0 Å². The number of para-hydroxylation sites is 1. The lowest BCUT2D eigenvalue weighted by atomic mass is 10.2. The molecule has 0 fully saturated rings. The first-order valence-electron chi connectivity index (χ1n) is 7.34. The SMILES string of the molecule is COC(=O)c1cn(/C(I)=C\c2ccc(OC)cc2)c2ccccc12. The normalized spacial score (nSPS) is 11.5. The van der Waals surface area contributed by atoms with Gasteiger partial charge in [-0.3, -0.25) is 0 Å². The number of hydrogen-bond acceptors (Lipinski definition) is 3. The van der Waals surface area contributed by atoms with Crippen LogP contribution in [0.4, 0.5) is 0 Å². The summed E-state index contributed by atoms with van der Waals surface area (Å²) in [7, 11) is 3.04. The van der Waals surface area contributed by atoms with Gasteiger partial charge in [0, 0.05) is 11.6 Å². The van der Waals surface area contributed by atoms with E-state index in [0.717, 1.165) is 25.9 Å². The van der Waals surface area contributed by atoms with Crippen LogP contribution in [0.5, 0.6) is 5.75 Å². The van der Waals surface area contributed by atoms with Crippen molar-refractivity contribution < 1.29 is 14.3 Å². The van der Waals surface area contributed by atoms with Crippen molar-refractivity contribution in [2.75, 3.05) is 14.2 Å². The summed E-state index contributed by atoms with van der Waals surface area (Å²) in [5.74, 6) is 0.486. The third kappa shape index (κ3) is 3.17. The van der Waals surface area contributed by atoms with Crippen LogP contribution in [0, 0.1) is 0 Å². The first kappa shape index (κ1) is 16.6. The van der Waals surface area contributed by atoms with Crippen molar-refractivity contribution in [1.82, 2.24) is 4.57 Å². The molecule has 24 heavy (non-hydrogen) atoms. The van der Waals surface area contributed by atoms with Crippen LogP contribution in [0.2, 0.25) is 0 Å². The Labute approximate surface area is 153 Å². The number of carbonyl (C=O) groups is 1. The molecule has 0 saturated carbocycles. The Morgan fingerprint density at radius 1 is 1.08 bits per heavy atom. The Balaban J connectivity index is 2.07. The number of aromatic nitrogens is 1. The van der Waals surface area contributed by atoms with Gasteiger partial charge in [-0.1, -0.05) is 30.3 Å². The number of rotatable bonds is 4. The molecule has 3 aromatic rings. The largest absolute Gasteiger partial charge is 0.497 e. The van der Waals surface area contributed by atoms with E-state index in [2.05, 4.69) is 22.6 Å². The third-order valence-electron chi connectivity index (χ3n) is 3.75. The van der Waals surface area contributed by atoms with Crippen LogP contribution < -0.4 is 4.74 Å². The summed E-state index contributed by atoms with van der Waals surface area (Å²) < 4.78 is 13.0. The maximum absolute atomic E-state index is 12.0. The molecule has 4 nitrogen and oxygen atoms in total. The van der Waals surface area contributed by atoms with Crippen LogP contribution in [0.3, 0.4) is 0 Å². The number of benzene rings is 2. The fourth-order valence-corrected chi connectivity index (χ4v) is 3.29. The lowest BCUT2D eigenvalue weighted by Crippen LogP contribution is -1.99. The van der Waals surface area contributed by atoms with Gasteiger partial charge in [0.2, 0.25) is 0 Å². The van der Waals surface area contributed by atoms with E-state index in [0.29, 0.717) is 5.56 Å². The van der Waals surface area contributed by atoms with Crippen LogP contribution >= 0.6 is 22.6 Å². The van der Waals surface area contributed by atoms with Crippen LogP contribution in [0.15, 0.2) is 54.7 Å². The van der Waals surface area contributed by atoms with Gasteiger partial charge in [-0.2, -0.15) is 0 Å². The zero-order valence-electron chi connectivity index (χ0n) is 13.3. The summed E-state index contributed by atoms with van der Waals surface area (Å²) in [5.41, 5.74) is 2.58. The fraction of sp³-hybridized carbons (Fsp3) is 0.105. The lowest BCUT2D eigenvalue weighted by Gasteiger charge is -2.05.